The van der Waals surface area contributed by atoms with Crippen molar-refractivity contribution in [2.24, 2.45) is 5.92 Å². The lowest BCUT2D eigenvalue weighted by Crippen LogP contribution is -2.51. The van der Waals surface area contributed by atoms with Gasteiger partial charge in [0.25, 0.3) is 11.5 Å². The number of amides is 2. The van der Waals surface area contributed by atoms with E-state index in [4.69, 9.17) is 0 Å². The zero-order valence-electron chi connectivity index (χ0n) is 21.5. The zero-order chi connectivity index (χ0) is 26.5. The summed E-state index contributed by atoms with van der Waals surface area (Å²) in [7, 11) is 0. The van der Waals surface area contributed by atoms with Gasteiger partial charge < -0.3 is 15.1 Å². The van der Waals surface area contributed by atoms with Crippen LogP contribution >= 0.6 is 0 Å². The van der Waals surface area contributed by atoms with Crippen LogP contribution < -0.4 is 10.9 Å². The molecule has 2 fully saturated rings. The summed E-state index contributed by atoms with van der Waals surface area (Å²) >= 11 is 0. The summed E-state index contributed by atoms with van der Waals surface area (Å²) in [6.07, 6.45) is 2.00. The zero-order valence-corrected chi connectivity index (χ0v) is 21.5. The predicted octanol–water partition coefficient (Wildman–Crippen LogP) is 3.92. The molecule has 4 aromatic rings. The number of piperazine rings is 1. The molecule has 8 nitrogen and oxygen atoms in total. The van der Waals surface area contributed by atoms with E-state index in [2.05, 4.69) is 27.6 Å². The Morgan fingerprint density at radius 2 is 1.51 bits per heavy atom. The molecule has 2 N–H and O–H groups in total. The summed E-state index contributed by atoms with van der Waals surface area (Å²) in [5, 5.41) is 12.4. The first-order chi connectivity index (χ1) is 19.1. The molecule has 1 aromatic heterocycles. The summed E-state index contributed by atoms with van der Waals surface area (Å²) in [5.41, 5.74) is 4.22. The van der Waals surface area contributed by atoms with Crippen LogP contribution in [-0.2, 0) is 4.79 Å². The van der Waals surface area contributed by atoms with E-state index in [1.54, 1.807) is 0 Å². The molecule has 39 heavy (non-hydrogen) atoms. The lowest BCUT2D eigenvalue weighted by molar-refractivity contribution is -0.134. The standard InChI is InChI=1S/C31H29N5O3/c37-29-23-7-4-8-24-26(23)28(33-34-29)25(27(32-24)20-5-2-1-3-6-20)19-9-11-21(12-10-19)30(38)35-15-17-36(18-16-35)31(39)22-13-14-22/h1-12,22,25,27,32H,13-18H2,(H,34,37). The van der Waals surface area contributed by atoms with E-state index in [0.29, 0.717) is 37.1 Å². The molecule has 1 saturated heterocycles. The summed E-state index contributed by atoms with van der Waals surface area (Å²) in [4.78, 5) is 42.0. The summed E-state index contributed by atoms with van der Waals surface area (Å²) in [6.45, 7) is 2.30. The normalized spacial score (nSPS) is 20.5. The molecule has 2 atom stereocenters. The number of carbonyl (C=O) groups excluding carboxylic acids is 2. The van der Waals surface area contributed by atoms with E-state index >= 15 is 0 Å². The maximum atomic E-state index is 13.3. The maximum Gasteiger partial charge on any atom is 0.272 e. The van der Waals surface area contributed by atoms with Gasteiger partial charge in [-0.15, -0.1) is 0 Å². The van der Waals surface area contributed by atoms with Crippen LogP contribution in [0, 0.1) is 5.92 Å². The van der Waals surface area contributed by atoms with Crippen LogP contribution in [0.5, 0.6) is 0 Å². The first-order valence-electron chi connectivity index (χ1n) is 13.6. The molecule has 3 aliphatic rings. The second kappa shape index (κ2) is 9.38. The van der Waals surface area contributed by atoms with Crippen LogP contribution in [0.25, 0.3) is 10.8 Å². The van der Waals surface area contributed by atoms with E-state index in [-0.39, 0.29) is 35.3 Å². The number of nitrogens with zero attached hydrogens (tertiary/aromatic N) is 3. The van der Waals surface area contributed by atoms with Crippen LogP contribution in [0.2, 0.25) is 0 Å². The maximum absolute atomic E-state index is 13.3. The highest BCUT2D eigenvalue weighted by atomic mass is 16.2. The molecule has 196 valence electrons. The van der Waals surface area contributed by atoms with E-state index in [0.717, 1.165) is 40.7 Å². The minimum absolute atomic E-state index is 0.0173. The van der Waals surface area contributed by atoms with Crippen molar-refractivity contribution in [1.82, 2.24) is 20.0 Å². The number of hydrogen-bond acceptors (Lipinski definition) is 5. The Morgan fingerprint density at radius 1 is 0.795 bits per heavy atom. The molecule has 0 radical (unpaired) electrons. The number of rotatable bonds is 4. The Bertz CT molecular complexity index is 1620. The second-order valence-corrected chi connectivity index (χ2v) is 10.7. The number of H-pyrrole nitrogens is 1. The molecule has 2 unspecified atom stereocenters. The first kappa shape index (κ1) is 23.6. The van der Waals surface area contributed by atoms with Crippen molar-refractivity contribution >= 4 is 28.3 Å². The fraction of sp³-hybridized carbons (Fsp3) is 0.290. The Balaban J connectivity index is 1.19. The van der Waals surface area contributed by atoms with Crippen LogP contribution in [-0.4, -0.2) is 58.0 Å². The fourth-order valence-electron chi connectivity index (χ4n) is 6.02. The van der Waals surface area contributed by atoms with Gasteiger partial charge in [0.2, 0.25) is 5.91 Å². The molecule has 2 aliphatic heterocycles. The Kier molecular flexibility index (Phi) is 5.68. The average Bonchev–Trinajstić information content (AvgIpc) is 3.84. The van der Waals surface area contributed by atoms with Gasteiger partial charge in [-0.25, -0.2) is 5.10 Å². The molecule has 3 heterocycles. The molecule has 3 aromatic carbocycles. The number of anilines is 1. The summed E-state index contributed by atoms with van der Waals surface area (Å²) in [5.74, 6) is 0.255. The van der Waals surface area contributed by atoms with Gasteiger partial charge >= 0.3 is 0 Å². The van der Waals surface area contributed by atoms with Crippen molar-refractivity contribution in [3.63, 3.8) is 0 Å². The van der Waals surface area contributed by atoms with E-state index < -0.39 is 0 Å². The highest BCUT2D eigenvalue weighted by Gasteiger charge is 2.36. The Hall–Kier alpha value is -4.46. The highest BCUT2D eigenvalue weighted by Crippen LogP contribution is 2.46. The minimum atomic E-state index is -0.214. The van der Waals surface area contributed by atoms with Gasteiger partial charge in [0.1, 0.15) is 0 Å². The number of aromatic amines is 1. The number of aromatic nitrogens is 2. The highest BCUT2D eigenvalue weighted by molar-refractivity contribution is 5.97. The van der Waals surface area contributed by atoms with Gasteiger partial charge in [-0.3, -0.25) is 14.4 Å². The van der Waals surface area contributed by atoms with Crippen molar-refractivity contribution in [2.75, 3.05) is 31.5 Å². The third-order valence-electron chi connectivity index (χ3n) is 8.26. The number of carbonyl (C=O) groups is 2. The number of nitrogens with one attached hydrogen (secondary N) is 2. The Labute approximate surface area is 225 Å². The third kappa shape index (κ3) is 4.16. The molecule has 0 spiro atoms. The predicted molar refractivity (Wildman–Crippen MR) is 149 cm³/mol. The van der Waals surface area contributed by atoms with Crippen molar-refractivity contribution < 1.29 is 9.59 Å². The molecule has 8 heteroatoms. The van der Waals surface area contributed by atoms with Gasteiger partial charge in [-0.05, 0) is 48.2 Å². The van der Waals surface area contributed by atoms with Gasteiger partial charge in [0.05, 0.1) is 23.0 Å². The van der Waals surface area contributed by atoms with Crippen molar-refractivity contribution in [1.29, 1.82) is 0 Å². The number of hydrogen-bond donors (Lipinski definition) is 2. The summed E-state index contributed by atoms with van der Waals surface area (Å²) < 4.78 is 0. The van der Waals surface area contributed by atoms with Crippen molar-refractivity contribution in [3.05, 3.63) is 106 Å². The smallest absolute Gasteiger partial charge is 0.272 e. The summed E-state index contributed by atoms with van der Waals surface area (Å²) in [6, 6.07) is 23.5. The van der Waals surface area contributed by atoms with Gasteiger partial charge in [-0.1, -0.05) is 48.5 Å². The molecule has 7 rings (SSSR count). The van der Waals surface area contributed by atoms with Crippen LogP contribution in [0.1, 0.15) is 52.0 Å². The average molecular weight is 520 g/mol. The lowest BCUT2D eigenvalue weighted by Gasteiger charge is -2.35. The van der Waals surface area contributed by atoms with Crippen LogP contribution in [0.3, 0.4) is 0 Å². The molecule has 2 amide bonds. The Morgan fingerprint density at radius 3 is 2.23 bits per heavy atom. The van der Waals surface area contributed by atoms with Gasteiger partial charge in [0.15, 0.2) is 0 Å². The fourth-order valence-corrected chi connectivity index (χ4v) is 6.02. The quantitative estimate of drug-likeness (QED) is 0.426. The topological polar surface area (TPSA) is 98.4 Å². The second-order valence-electron chi connectivity index (χ2n) is 10.7. The molecular weight excluding hydrogens is 490 g/mol. The van der Waals surface area contributed by atoms with E-state index in [9.17, 15) is 14.4 Å². The first-order valence-corrected chi connectivity index (χ1v) is 13.6. The largest absolute Gasteiger partial charge is 0.377 e. The molecule has 0 bridgehead atoms. The molecule has 1 aliphatic carbocycles. The third-order valence-corrected chi connectivity index (χ3v) is 8.26. The van der Waals surface area contributed by atoms with E-state index in [1.807, 2.05) is 70.5 Å². The van der Waals surface area contributed by atoms with Gasteiger partial charge in [-0.2, -0.15) is 5.10 Å². The minimum Gasteiger partial charge on any atom is -0.377 e. The number of benzene rings is 3. The van der Waals surface area contributed by atoms with Crippen LogP contribution in [0.4, 0.5) is 5.69 Å². The monoisotopic (exact) mass is 519 g/mol. The molecule has 1 saturated carbocycles. The van der Waals surface area contributed by atoms with Gasteiger partial charge in [0, 0.05) is 48.7 Å². The van der Waals surface area contributed by atoms with E-state index in [1.165, 1.54) is 0 Å². The SMILES string of the molecule is O=C(c1ccc(C2c3n[nH]c(=O)c4cccc(c34)NC2c2ccccc2)cc1)N1CCN(C(=O)C2CC2)CC1. The van der Waals surface area contributed by atoms with Crippen molar-refractivity contribution in [2.45, 2.75) is 24.8 Å². The van der Waals surface area contributed by atoms with Crippen LogP contribution in [0.15, 0.2) is 77.6 Å². The lowest BCUT2D eigenvalue weighted by atomic mass is 9.80. The van der Waals surface area contributed by atoms with Crippen molar-refractivity contribution in [3.8, 4) is 0 Å². The molecular formula is C31H29N5O3.